The molecule has 3 aromatic carbocycles. The number of hydrogen-bond acceptors (Lipinski definition) is 2. The third-order valence-corrected chi connectivity index (χ3v) is 5.02. The van der Waals surface area contributed by atoms with Crippen molar-refractivity contribution in [3.05, 3.63) is 89.8 Å². The summed E-state index contributed by atoms with van der Waals surface area (Å²) in [6.45, 7) is 3.86. The molecule has 3 heteroatoms. The van der Waals surface area contributed by atoms with Gasteiger partial charge in [0.05, 0.1) is 10.8 Å². The van der Waals surface area contributed by atoms with E-state index >= 15 is 0 Å². The van der Waals surface area contributed by atoms with Crippen LogP contribution < -0.4 is 0 Å². The molecule has 110 valence electrons. The maximum absolute atomic E-state index is 12.5. The number of aliphatic hydroxyl groups excluding tert-OH is 1. The Morgan fingerprint density at radius 1 is 0.909 bits per heavy atom. The van der Waals surface area contributed by atoms with Gasteiger partial charge in [-0.05, 0) is 28.5 Å². The molecule has 0 aromatic heterocycles. The van der Waals surface area contributed by atoms with Crippen LogP contribution in [0.2, 0.25) is 0 Å². The van der Waals surface area contributed by atoms with Crippen LogP contribution in [0.3, 0.4) is 0 Å². The second-order valence-electron chi connectivity index (χ2n) is 5.02. The van der Waals surface area contributed by atoms with Gasteiger partial charge < -0.3 is 5.11 Å². The molecule has 22 heavy (non-hydrogen) atoms. The first kappa shape index (κ1) is 14.7. The lowest BCUT2D eigenvalue weighted by Crippen LogP contribution is -2.07. The van der Waals surface area contributed by atoms with E-state index in [1.165, 1.54) is 0 Å². The summed E-state index contributed by atoms with van der Waals surface area (Å²) in [6.07, 6.45) is -0.966. The van der Waals surface area contributed by atoms with Crippen molar-refractivity contribution < 1.29 is 9.32 Å². The largest absolute Gasteiger partial charge is 0.383 e. The molecule has 0 aliphatic rings. The Balaban J connectivity index is 1.97. The van der Waals surface area contributed by atoms with Crippen LogP contribution in [-0.2, 0) is 10.8 Å². The van der Waals surface area contributed by atoms with E-state index < -0.39 is 16.9 Å². The average Bonchev–Trinajstić information content (AvgIpc) is 2.60. The van der Waals surface area contributed by atoms with Crippen LogP contribution in [0.25, 0.3) is 10.8 Å². The quantitative estimate of drug-likeness (QED) is 0.784. The van der Waals surface area contributed by atoms with Crippen molar-refractivity contribution in [1.29, 1.82) is 0 Å². The second kappa shape index (κ2) is 6.26. The molecule has 0 amide bonds. The van der Waals surface area contributed by atoms with Crippen molar-refractivity contribution in [2.75, 3.05) is 0 Å². The van der Waals surface area contributed by atoms with Gasteiger partial charge in [0.1, 0.15) is 6.10 Å². The molecular weight excluding hydrogens is 292 g/mol. The molecule has 0 aliphatic carbocycles. The lowest BCUT2D eigenvalue weighted by atomic mass is 10.0. The van der Waals surface area contributed by atoms with Crippen LogP contribution in [0.1, 0.15) is 11.7 Å². The highest BCUT2D eigenvalue weighted by atomic mass is 32.2. The molecule has 0 radical (unpaired) electrons. The molecule has 0 aliphatic heterocycles. The molecule has 2 nitrogen and oxygen atoms in total. The van der Waals surface area contributed by atoms with Gasteiger partial charge in [-0.25, -0.2) is 4.21 Å². The standard InChI is InChI=1S/C19H16O2S/c1-14(22(21)16-10-3-2-4-11-16)19(20)18-13-7-9-15-8-5-6-12-17(15)18/h2-13,19-20H,1H2. The van der Waals surface area contributed by atoms with E-state index in [1.54, 1.807) is 12.1 Å². The van der Waals surface area contributed by atoms with Crippen molar-refractivity contribution in [3.63, 3.8) is 0 Å². The highest BCUT2D eigenvalue weighted by molar-refractivity contribution is 7.89. The minimum atomic E-state index is -1.45. The van der Waals surface area contributed by atoms with Gasteiger partial charge in [0.25, 0.3) is 0 Å². The Morgan fingerprint density at radius 3 is 2.32 bits per heavy atom. The Kier molecular flexibility index (Phi) is 4.18. The summed E-state index contributed by atoms with van der Waals surface area (Å²) in [7, 11) is -1.45. The predicted octanol–water partition coefficient (Wildman–Crippen LogP) is 4.19. The van der Waals surface area contributed by atoms with E-state index in [4.69, 9.17) is 0 Å². The number of rotatable bonds is 4. The fourth-order valence-corrected chi connectivity index (χ4v) is 3.50. The van der Waals surface area contributed by atoms with Crippen molar-refractivity contribution in [2.24, 2.45) is 0 Å². The molecule has 0 saturated heterocycles. The van der Waals surface area contributed by atoms with Crippen molar-refractivity contribution in [1.82, 2.24) is 0 Å². The van der Waals surface area contributed by atoms with Crippen LogP contribution >= 0.6 is 0 Å². The van der Waals surface area contributed by atoms with Gasteiger partial charge in [-0.1, -0.05) is 67.2 Å². The van der Waals surface area contributed by atoms with Crippen molar-refractivity contribution in [3.8, 4) is 0 Å². The van der Waals surface area contributed by atoms with Gasteiger partial charge in [0, 0.05) is 9.80 Å². The zero-order valence-corrected chi connectivity index (χ0v) is 12.8. The number of hydrogen-bond donors (Lipinski definition) is 1. The highest BCUT2D eigenvalue weighted by Gasteiger charge is 2.20. The summed E-state index contributed by atoms with van der Waals surface area (Å²) in [5.74, 6) is 0. The molecule has 0 saturated carbocycles. The summed E-state index contributed by atoms with van der Waals surface area (Å²) >= 11 is 0. The Hall–Kier alpha value is -2.23. The normalized spacial score (nSPS) is 13.7. The van der Waals surface area contributed by atoms with E-state index in [2.05, 4.69) is 6.58 Å². The summed E-state index contributed by atoms with van der Waals surface area (Å²) < 4.78 is 12.5. The molecule has 3 aromatic rings. The molecule has 3 rings (SSSR count). The monoisotopic (exact) mass is 308 g/mol. The van der Waals surface area contributed by atoms with Crippen LogP contribution in [0, 0.1) is 0 Å². The fraction of sp³-hybridized carbons (Fsp3) is 0.0526. The Labute approximate surface area is 132 Å². The predicted molar refractivity (Wildman–Crippen MR) is 90.9 cm³/mol. The van der Waals surface area contributed by atoms with Gasteiger partial charge >= 0.3 is 0 Å². The maximum atomic E-state index is 12.5. The zero-order valence-electron chi connectivity index (χ0n) is 12.0. The Morgan fingerprint density at radius 2 is 1.55 bits per heavy atom. The number of aliphatic hydroxyl groups is 1. The van der Waals surface area contributed by atoms with Crippen molar-refractivity contribution >= 4 is 21.6 Å². The second-order valence-corrected chi connectivity index (χ2v) is 6.55. The molecule has 2 unspecified atom stereocenters. The van der Waals surface area contributed by atoms with Gasteiger partial charge in [0.2, 0.25) is 0 Å². The van der Waals surface area contributed by atoms with Gasteiger partial charge in [-0.15, -0.1) is 0 Å². The van der Waals surface area contributed by atoms with Crippen LogP contribution in [0.5, 0.6) is 0 Å². The first-order chi connectivity index (χ1) is 10.7. The lowest BCUT2D eigenvalue weighted by Gasteiger charge is -2.16. The molecule has 1 N–H and O–H groups in total. The van der Waals surface area contributed by atoms with Crippen LogP contribution in [0.4, 0.5) is 0 Å². The smallest absolute Gasteiger partial charge is 0.113 e. The zero-order chi connectivity index (χ0) is 15.5. The van der Waals surface area contributed by atoms with Gasteiger partial charge in [0.15, 0.2) is 0 Å². The molecular formula is C19H16O2S. The van der Waals surface area contributed by atoms with E-state index in [1.807, 2.05) is 60.7 Å². The van der Waals surface area contributed by atoms with Gasteiger partial charge in [-0.2, -0.15) is 0 Å². The van der Waals surface area contributed by atoms with E-state index in [0.29, 0.717) is 9.80 Å². The van der Waals surface area contributed by atoms with Crippen molar-refractivity contribution in [2.45, 2.75) is 11.0 Å². The van der Waals surface area contributed by atoms with Gasteiger partial charge in [-0.3, -0.25) is 0 Å². The lowest BCUT2D eigenvalue weighted by molar-refractivity contribution is 0.226. The molecule has 0 fully saturated rings. The molecule has 2 atom stereocenters. The summed E-state index contributed by atoms with van der Waals surface area (Å²) in [4.78, 5) is 0.939. The summed E-state index contributed by atoms with van der Waals surface area (Å²) in [6, 6.07) is 22.6. The van der Waals surface area contributed by atoms with Crippen LogP contribution in [-0.4, -0.2) is 9.32 Å². The molecule has 0 spiro atoms. The SMILES string of the molecule is C=C(C(O)c1cccc2ccccc12)S(=O)c1ccccc1. The first-order valence-electron chi connectivity index (χ1n) is 7.00. The minimum Gasteiger partial charge on any atom is -0.383 e. The third-order valence-electron chi connectivity index (χ3n) is 3.62. The van der Waals surface area contributed by atoms with E-state index in [9.17, 15) is 9.32 Å². The minimum absolute atomic E-state index is 0.294. The number of benzene rings is 3. The Bertz CT molecular complexity index is 835. The average molecular weight is 308 g/mol. The third kappa shape index (κ3) is 2.73. The summed E-state index contributed by atoms with van der Waals surface area (Å²) in [5.41, 5.74) is 0.729. The first-order valence-corrected chi connectivity index (χ1v) is 8.15. The van der Waals surface area contributed by atoms with Crippen LogP contribution in [0.15, 0.2) is 89.2 Å². The molecule has 0 heterocycles. The highest BCUT2D eigenvalue weighted by Crippen LogP contribution is 2.31. The number of fused-ring (bicyclic) bond motifs is 1. The maximum Gasteiger partial charge on any atom is 0.113 e. The summed E-state index contributed by atoms with van der Waals surface area (Å²) in [5, 5.41) is 12.6. The van der Waals surface area contributed by atoms with E-state index in [0.717, 1.165) is 16.3 Å². The topological polar surface area (TPSA) is 37.3 Å². The fourth-order valence-electron chi connectivity index (χ4n) is 2.46. The van der Waals surface area contributed by atoms with E-state index in [-0.39, 0.29) is 0 Å². The molecule has 0 bridgehead atoms.